The van der Waals surface area contributed by atoms with E-state index in [1.54, 1.807) is 0 Å². The summed E-state index contributed by atoms with van der Waals surface area (Å²) in [7, 11) is 0. The van der Waals surface area contributed by atoms with Crippen molar-refractivity contribution in [2.45, 2.75) is 33.1 Å². The van der Waals surface area contributed by atoms with Crippen molar-refractivity contribution in [1.29, 1.82) is 0 Å². The summed E-state index contributed by atoms with van der Waals surface area (Å²) in [5.74, 6) is 0. The van der Waals surface area contributed by atoms with Crippen LogP contribution in [0.2, 0.25) is 0 Å². The van der Waals surface area contributed by atoms with Gasteiger partial charge in [0.25, 0.3) is 0 Å². The van der Waals surface area contributed by atoms with E-state index in [0.29, 0.717) is 0 Å². The Bertz CT molecular complexity index is 1420. The Hall–Kier alpha value is -3.78. The predicted molar refractivity (Wildman–Crippen MR) is 144 cm³/mol. The number of aryl methyl sites for hydroxylation is 2. The number of nitrogen functional groups attached to an aromatic ring is 1. The molecular formula is C31H30N2. The minimum absolute atomic E-state index is 0.808. The van der Waals surface area contributed by atoms with Gasteiger partial charge in [-0.3, -0.25) is 0 Å². The lowest BCUT2D eigenvalue weighted by atomic mass is 9.96. The zero-order chi connectivity index (χ0) is 22.8. The number of fused-ring (bicyclic) bond motifs is 3. The Labute approximate surface area is 196 Å². The third-order valence-electron chi connectivity index (χ3n) is 6.54. The molecule has 0 aliphatic heterocycles. The molecule has 0 atom stereocenters. The van der Waals surface area contributed by atoms with E-state index >= 15 is 0 Å². The first-order valence-electron chi connectivity index (χ1n) is 11.8. The SMILES string of the molecule is CCCCc1ccc(N(c2ccccc2C)c2c(N)c3ccccc3c3ccccc23)cc1. The molecule has 0 aliphatic carbocycles. The van der Waals surface area contributed by atoms with Gasteiger partial charge in [-0.05, 0) is 59.9 Å². The van der Waals surface area contributed by atoms with Crippen LogP contribution in [0.4, 0.5) is 22.7 Å². The van der Waals surface area contributed by atoms with Crippen LogP contribution in [0.3, 0.4) is 0 Å². The van der Waals surface area contributed by atoms with E-state index in [2.05, 4.69) is 116 Å². The maximum atomic E-state index is 6.96. The van der Waals surface area contributed by atoms with Gasteiger partial charge in [0, 0.05) is 22.1 Å². The Kier molecular flexibility index (Phi) is 5.75. The lowest BCUT2D eigenvalue weighted by molar-refractivity contribution is 0.795. The van der Waals surface area contributed by atoms with E-state index < -0.39 is 0 Å². The van der Waals surface area contributed by atoms with Crippen molar-refractivity contribution >= 4 is 44.3 Å². The highest BCUT2D eigenvalue weighted by Crippen LogP contribution is 2.47. The summed E-state index contributed by atoms with van der Waals surface area (Å²) in [6.45, 7) is 4.40. The molecule has 0 heterocycles. The number of nitrogens with two attached hydrogens (primary N) is 1. The second kappa shape index (κ2) is 8.99. The maximum Gasteiger partial charge on any atom is 0.0776 e. The minimum atomic E-state index is 0.808. The van der Waals surface area contributed by atoms with E-state index in [9.17, 15) is 0 Å². The van der Waals surface area contributed by atoms with Crippen molar-refractivity contribution in [3.05, 3.63) is 108 Å². The molecule has 0 fully saturated rings. The Morgan fingerprint density at radius 1 is 0.667 bits per heavy atom. The van der Waals surface area contributed by atoms with Gasteiger partial charge in [-0.2, -0.15) is 0 Å². The molecule has 5 aromatic carbocycles. The molecule has 0 amide bonds. The fourth-order valence-electron chi connectivity index (χ4n) is 4.79. The Morgan fingerprint density at radius 3 is 1.91 bits per heavy atom. The van der Waals surface area contributed by atoms with E-state index in [4.69, 9.17) is 5.73 Å². The summed E-state index contributed by atoms with van der Waals surface area (Å²) in [6, 6.07) is 34.6. The number of hydrogen-bond donors (Lipinski definition) is 1. The standard InChI is InChI=1S/C31H30N2/c1-3-4-12-23-18-20-24(21-19-23)33(29-17-10-5-11-22(29)2)31-28-16-9-7-14-26(28)25-13-6-8-15-27(25)30(31)32/h5-11,13-21H,3-4,12,32H2,1-2H3. The molecule has 0 radical (unpaired) electrons. The van der Waals surface area contributed by atoms with Crippen LogP contribution >= 0.6 is 0 Å². The van der Waals surface area contributed by atoms with Crippen LogP contribution < -0.4 is 10.6 Å². The van der Waals surface area contributed by atoms with Gasteiger partial charge in [0.1, 0.15) is 0 Å². The first-order valence-corrected chi connectivity index (χ1v) is 11.8. The number of benzene rings is 5. The number of rotatable bonds is 6. The summed E-state index contributed by atoms with van der Waals surface area (Å²) >= 11 is 0. The summed E-state index contributed by atoms with van der Waals surface area (Å²) in [6.07, 6.45) is 3.53. The predicted octanol–water partition coefficient (Wildman–Crippen LogP) is 8.70. The summed E-state index contributed by atoms with van der Waals surface area (Å²) in [4.78, 5) is 2.34. The molecule has 2 nitrogen and oxygen atoms in total. The summed E-state index contributed by atoms with van der Waals surface area (Å²) in [5.41, 5.74) is 13.7. The van der Waals surface area contributed by atoms with Crippen molar-refractivity contribution in [2.24, 2.45) is 0 Å². The zero-order valence-electron chi connectivity index (χ0n) is 19.4. The van der Waals surface area contributed by atoms with Crippen LogP contribution in [0.25, 0.3) is 21.5 Å². The molecule has 0 bridgehead atoms. The molecule has 0 aromatic heterocycles. The van der Waals surface area contributed by atoms with E-state index in [1.807, 2.05) is 0 Å². The number of para-hydroxylation sites is 1. The van der Waals surface area contributed by atoms with Crippen LogP contribution in [0.15, 0.2) is 97.1 Å². The van der Waals surface area contributed by atoms with Crippen molar-refractivity contribution < 1.29 is 0 Å². The van der Waals surface area contributed by atoms with E-state index in [-0.39, 0.29) is 0 Å². The van der Waals surface area contributed by atoms with E-state index in [0.717, 1.165) is 39.9 Å². The van der Waals surface area contributed by atoms with E-state index in [1.165, 1.54) is 34.7 Å². The number of unbranched alkanes of at least 4 members (excludes halogenated alkanes) is 1. The molecule has 0 saturated heterocycles. The molecule has 0 spiro atoms. The topological polar surface area (TPSA) is 29.3 Å². The third-order valence-corrected chi connectivity index (χ3v) is 6.54. The van der Waals surface area contributed by atoms with Gasteiger partial charge in [0.05, 0.1) is 11.4 Å². The smallest absolute Gasteiger partial charge is 0.0776 e. The van der Waals surface area contributed by atoms with Crippen LogP contribution in [0.1, 0.15) is 30.9 Å². The van der Waals surface area contributed by atoms with Crippen LogP contribution in [-0.4, -0.2) is 0 Å². The van der Waals surface area contributed by atoms with Crippen molar-refractivity contribution in [1.82, 2.24) is 0 Å². The van der Waals surface area contributed by atoms with Gasteiger partial charge in [-0.25, -0.2) is 0 Å². The van der Waals surface area contributed by atoms with Gasteiger partial charge in [0.2, 0.25) is 0 Å². The van der Waals surface area contributed by atoms with Crippen molar-refractivity contribution in [2.75, 3.05) is 10.6 Å². The first-order chi connectivity index (χ1) is 16.2. The maximum absolute atomic E-state index is 6.96. The highest BCUT2D eigenvalue weighted by molar-refractivity contribution is 6.21. The first kappa shape index (κ1) is 21.1. The molecule has 2 heteroatoms. The van der Waals surface area contributed by atoms with Gasteiger partial charge in [-0.15, -0.1) is 0 Å². The normalized spacial score (nSPS) is 11.2. The summed E-state index contributed by atoms with van der Waals surface area (Å²) in [5, 5.41) is 4.65. The molecule has 164 valence electrons. The highest BCUT2D eigenvalue weighted by atomic mass is 15.2. The molecular weight excluding hydrogens is 400 g/mol. The zero-order valence-corrected chi connectivity index (χ0v) is 19.4. The molecule has 33 heavy (non-hydrogen) atoms. The second-order valence-electron chi connectivity index (χ2n) is 8.75. The lowest BCUT2D eigenvalue weighted by Gasteiger charge is -2.30. The number of nitrogens with zero attached hydrogens (tertiary/aromatic N) is 1. The fourth-order valence-corrected chi connectivity index (χ4v) is 4.79. The monoisotopic (exact) mass is 430 g/mol. The molecule has 0 unspecified atom stereocenters. The molecule has 2 N–H and O–H groups in total. The highest BCUT2D eigenvalue weighted by Gasteiger charge is 2.21. The quantitative estimate of drug-likeness (QED) is 0.166. The Balaban J connectivity index is 1.81. The van der Waals surface area contributed by atoms with Crippen molar-refractivity contribution in [3.63, 3.8) is 0 Å². The minimum Gasteiger partial charge on any atom is -0.397 e. The van der Waals surface area contributed by atoms with Crippen LogP contribution in [-0.2, 0) is 6.42 Å². The van der Waals surface area contributed by atoms with Gasteiger partial charge >= 0.3 is 0 Å². The van der Waals surface area contributed by atoms with Crippen molar-refractivity contribution in [3.8, 4) is 0 Å². The third kappa shape index (κ3) is 3.82. The molecule has 0 aliphatic rings. The molecule has 5 rings (SSSR count). The van der Waals surface area contributed by atoms with Crippen LogP contribution in [0.5, 0.6) is 0 Å². The second-order valence-corrected chi connectivity index (χ2v) is 8.75. The largest absolute Gasteiger partial charge is 0.397 e. The van der Waals surface area contributed by atoms with Gasteiger partial charge in [-0.1, -0.05) is 92.2 Å². The molecule has 5 aromatic rings. The van der Waals surface area contributed by atoms with Crippen LogP contribution in [0, 0.1) is 6.92 Å². The Morgan fingerprint density at radius 2 is 1.24 bits per heavy atom. The average Bonchev–Trinajstić information content (AvgIpc) is 2.86. The number of anilines is 4. The molecule has 0 saturated carbocycles. The van der Waals surface area contributed by atoms with Gasteiger partial charge in [0.15, 0.2) is 0 Å². The average molecular weight is 431 g/mol. The fraction of sp³-hybridized carbons (Fsp3) is 0.161. The number of hydrogen-bond acceptors (Lipinski definition) is 2. The lowest BCUT2D eigenvalue weighted by Crippen LogP contribution is -2.14. The van der Waals surface area contributed by atoms with Gasteiger partial charge < -0.3 is 10.6 Å². The summed E-state index contributed by atoms with van der Waals surface area (Å²) < 4.78 is 0.